The second-order valence-electron chi connectivity index (χ2n) is 5.70. The Balaban J connectivity index is 1.99. The Morgan fingerprint density at radius 1 is 1.00 bits per heavy atom. The summed E-state index contributed by atoms with van der Waals surface area (Å²) in [4.78, 5) is 18.5. The largest absolute Gasteiger partial charge is 0.376 e. The van der Waals surface area contributed by atoms with Crippen molar-refractivity contribution in [3.8, 4) is 6.07 Å². The molecule has 0 aromatic carbocycles. The fourth-order valence-electron chi connectivity index (χ4n) is 2.72. The summed E-state index contributed by atoms with van der Waals surface area (Å²) in [6.07, 6.45) is 6.58. The highest BCUT2D eigenvalue weighted by atomic mass is 16.2. The molecule has 0 bridgehead atoms. The summed E-state index contributed by atoms with van der Waals surface area (Å²) in [5.41, 5.74) is 0.288. The number of carbonyl (C=O) groups excluding carboxylic acids is 1. The minimum Gasteiger partial charge on any atom is -0.376 e. The van der Waals surface area contributed by atoms with Gasteiger partial charge < -0.3 is 14.7 Å². The molecule has 0 unspecified atom stereocenters. The number of likely N-dealkylation sites (tertiary alicyclic amines) is 1. The fourth-order valence-corrected chi connectivity index (χ4v) is 2.72. The molecule has 0 aliphatic carbocycles. The number of hydrogen-bond acceptors (Lipinski definition) is 4. The van der Waals surface area contributed by atoms with Crippen molar-refractivity contribution in [2.75, 3.05) is 46.3 Å². The maximum atomic E-state index is 12.4. The maximum absolute atomic E-state index is 12.4. The predicted molar refractivity (Wildman–Crippen MR) is 77.8 cm³/mol. The Kier molecular flexibility index (Phi) is 5.42. The number of carbonyl (C=O) groups is 1. The molecule has 110 valence electrons. The molecular weight excluding hydrogens is 252 g/mol. The number of nitriles is 1. The van der Waals surface area contributed by atoms with Crippen LogP contribution in [0.25, 0.3) is 0 Å². The van der Waals surface area contributed by atoms with E-state index in [0.717, 1.165) is 39.0 Å². The van der Waals surface area contributed by atoms with Crippen LogP contribution in [0.5, 0.6) is 0 Å². The molecule has 0 N–H and O–H groups in total. The predicted octanol–water partition coefficient (Wildman–Crippen LogP) is 1.04. The molecule has 2 aliphatic heterocycles. The molecule has 0 spiro atoms. The van der Waals surface area contributed by atoms with Crippen LogP contribution in [0.2, 0.25) is 0 Å². The van der Waals surface area contributed by atoms with E-state index in [2.05, 4.69) is 22.9 Å². The van der Waals surface area contributed by atoms with Crippen LogP contribution in [-0.4, -0.2) is 66.9 Å². The summed E-state index contributed by atoms with van der Waals surface area (Å²) in [6, 6.07) is 2.09. The Morgan fingerprint density at radius 3 is 2.15 bits per heavy atom. The maximum Gasteiger partial charge on any atom is 0.266 e. The van der Waals surface area contributed by atoms with Gasteiger partial charge in [-0.25, -0.2) is 0 Å². The molecule has 1 amide bonds. The van der Waals surface area contributed by atoms with E-state index < -0.39 is 0 Å². The third-order valence-electron chi connectivity index (χ3n) is 4.09. The quantitative estimate of drug-likeness (QED) is 0.559. The van der Waals surface area contributed by atoms with E-state index in [-0.39, 0.29) is 11.5 Å². The Hall–Kier alpha value is -1.54. The second-order valence-corrected chi connectivity index (χ2v) is 5.70. The minimum absolute atomic E-state index is 0.107. The van der Waals surface area contributed by atoms with Crippen molar-refractivity contribution in [2.24, 2.45) is 0 Å². The van der Waals surface area contributed by atoms with Crippen molar-refractivity contribution in [1.29, 1.82) is 5.26 Å². The van der Waals surface area contributed by atoms with Crippen LogP contribution in [0.4, 0.5) is 0 Å². The number of hydrogen-bond donors (Lipinski definition) is 0. The normalized spacial score (nSPS) is 22.3. The molecule has 20 heavy (non-hydrogen) atoms. The van der Waals surface area contributed by atoms with Crippen molar-refractivity contribution in [3.05, 3.63) is 11.8 Å². The molecule has 5 nitrogen and oxygen atoms in total. The van der Waals surface area contributed by atoms with Crippen molar-refractivity contribution >= 4 is 5.91 Å². The highest BCUT2D eigenvalue weighted by Crippen LogP contribution is 2.12. The molecule has 0 saturated carbocycles. The number of likely N-dealkylation sites (N-methyl/N-ethyl adjacent to an activating group) is 1. The average molecular weight is 276 g/mol. The number of piperazine rings is 1. The van der Waals surface area contributed by atoms with Gasteiger partial charge in [-0.05, 0) is 19.9 Å². The molecule has 5 heteroatoms. The van der Waals surface area contributed by atoms with Crippen LogP contribution in [0.15, 0.2) is 11.8 Å². The molecule has 2 saturated heterocycles. The Labute approximate surface area is 121 Å². The number of nitrogens with zero attached hydrogens (tertiary/aromatic N) is 4. The van der Waals surface area contributed by atoms with Crippen LogP contribution < -0.4 is 0 Å². The van der Waals surface area contributed by atoms with Gasteiger partial charge in [-0.2, -0.15) is 5.26 Å². The van der Waals surface area contributed by atoms with Crippen molar-refractivity contribution in [1.82, 2.24) is 14.7 Å². The standard InChI is InChI=1S/C15H24N4O/c1-17-8-10-19(11-9-17)15(20)14(12-16)13-18-6-4-2-3-5-7-18/h13H,2-11H2,1H3/b14-13-. The highest BCUT2D eigenvalue weighted by molar-refractivity contribution is 5.97. The van der Waals surface area contributed by atoms with Gasteiger partial charge in [0.1, 0.15) is 11.6 Å². The number of rotatable bonds is 2. The first-order chi connectivity index (χ1) is 9.70. The smallest absolute Gasteiger partial charge is 0.266 e. The first-order valence-corrected chi connectivity index (χ1v) is 7.54. The Bertz CT molecular complexity index is 397. The topological polar surface area (TPSA) is 50.6 Å². The summed E-state index contributed by atoms with van der Waals surface area (Å²) in [5, 5.41) is 9.28. The Morgan fingerprint density at radius 2 is 1.60 bits per heavy atom. The van der Waals surface area contributed by atoms with Gasteiger partial charge in [-0.15, -0.1) is 0 Å². The van der Waals surface area contributed by atoms with E-state index in [1.807, 2.05) is 0 Å². The van der Waals surface area contributed by atoms with E-state index in [1.165, 1.54) is 12.8 Å². The monoisotopic (exact) mass is 276 g/mol. The van der Waals surface area contributed by atoms with E-state index in [0.29, 0.717) is 13.1 Å². The van der Waals surface area contributed by atoms with Crippen molar-refractivity contribution in [2.45, 2.75) is 25.7 Å². The first kappa shape index (κ1) is 14.9. The zero-order valence-electron chi connectivity index (χ0n) is 12.3. The van der Waals surface area contributed by atoms with Crippen LogP contribution in [0, 0.1) is 11.3 Å². The SMILES string of the molecule is CN1CCN(C(=O)/C(C#N)=C\N2CCCCCC2)CC1. The molecule has 0 aromatic rings. The highest BCUT2D eigenvalue weighted by Gasteiger charge is 2.22. The van der Waals surface area contributed by atoms with Crippen LogP contribution >= 0.6 is 0 Å². The van der Waals surface area contributed by atoms with Crippen LogP contribution in [-0.2, 0) is 4.79 Å². The van der Waals surface area contributed by atoms with Gasteiger partial charge in [0.15, 0.2) is 0 Å². The molecule has 0 atom stereocenters. The van der Waals surface area contributed by atoms with E-state index in [9.17, 15) is 10.1 Å². The molecule has 0 radical (unpaired) electrons. The lowest BCUT2D eigenvalue weighted by Gasteiger charge is -2.32. The second kappa shape index (κ2) is 7.30. The summed E-state index contributed by atoms with van der Waals surface area (Å²) >= 11 is 0. The van der Waals surface area contributed by atoms with Crippen molar-refractivity contribution < 1.29 is 4.79 Å². The van der Waals surface area contributed by atoms with Crippen molar-refractivity contribution in [3.63, 3.8) is 0 Å². The van der Waals surface area contributed by atoms with Gasteiger partial charge >= 0.3 is 0 Å². The lowest BCUT2D eigenvalue weighted by atomic mass is 10.2. The van der Waals surface area contributed by atoms with Gasteiger partial charge in [0.05, 0.1) is 0 Å². The third kappa shape index (κ3) is 3.97. The van der Waals surface area contributed by atoms with Gasteiger partial charge in [-0.1, -0.05) is 12.8 Å². The van der Waals surface area contributed by atoms with E-state index in [4.69, 9.17) is 0 Å². The molecule has 2 rings (SSSR count). The van der Waals surface area contributed by atoms with Gasteiger partial charge in [0.2, 0.25) is 0 Å². The lowest BCUT2D eigenvalue weighted by Crippen LogP contribution is -2.47. The summed E-state index contributed by atoms with van der Waals surface area (Å²) in [7, 11) is 2.06. The van der Waals surface area contributed by atoms with Crippen LogP contribution in [0.1, 0.15) is 25.7 Å². The van der Waals surface area contributed by atoms with Crippen LogP contribution in [0.3, 0.4) is 0 Å². The molecule has 2 aliphatic rings. The van der Waals surface area contributed by atoms with Gasteiger partial charge in [0.25, 0.3) is 5.91 Å². The first-order valence-electron chi connectivity index (χ1n) is 7.54. The van der Waals surface area contributed by atoms with Gasteiger partial charge in [-0.3, -0.25) is 4.79 Å². The molecule has 2 heterocycles. The summed E-state index contributed by atoms with van der Waals surface area (Å²) in [6.45, 7) is 5.12. The van der Waals surface area contributed by atoms with Gasteiger partial charge in [0, 0.05) is 45.5 Å². The lowest BCUT2D eigenvalue weighted by molar-refractivity contribution is -0.128. The molecule has 0 aromatic heterocycles. The number of amides is 1. The fraction of sp³-hybridized carbons (Fsp3) is 0.733. The van der Waals surface area contributed by atoms with E-state index in [1.54, 1.807) is 11.1 Å². The van der Waals surface area contributed by atoms with E-state index >= 15 is 0 Å². The summed E-state index contributed by atoms with van der Waals surface area (Å²) < 4.78 is 0. The minimum atomic E-state index is -0.107. The third-order valence-corrected chi connectivity index (χ3v) is 4.09. The molecule has 2 fully saturated rings. The zero-order valence-corrected chi connectivity index (χ0v) is 12.3. The zero-order chi connectivity index (χ0) is 14.4. The summed E-state index contributed by atoms with van der Waals surface area (Å²) in [5.74, 6) is -0.107. The average Bonchev–Trinajstić information content (AvgIpc) is 2.73. The molecular formula is C15H24N4O.